The lowest BCUT2D eigenvalue weighted by molar-refractivity contribution is -0.143. The van der Waals surface area contributed by atoms with E-state index in [9.17, 15) is 14.4 Å². The highest BCUT2D eigenvalue weighted by Crippen LogP contribution is 2.22. The molecule has 23 heavy (non-hydrogen) atoms. The van der Waals surface area contributed by atoms with Crippen LogP contribution in [0.2, 0.25) is 0 Å². The molecule has 1 aliphatic heterocycles. The van der Waals surface area contributed by atoms with Gasteiger partial charge in [-0.25, -0.2) is 24.6 Å². The Hall–Kier alpha value is -2.94. The fourth-order valence-corrected chi connectivity index (χ4v) is 2.79. The van der Waals surface area contributed by atoms with E-state index in [2.05, 4.69) is 21.5 Å². The van der Waals surface area contributed by atoms with Gasteiger partial charge in [-0.3, -0.25) is 14.5 Å². The first-order valence-electron chi connectivity index (χ1n) is 6.62. The summed E-state index contributed by atoms with van der Waals surface area (Å²) in [7, 11) is 0. The molecule has 1 fully saturated rings. The van der Waals surface area contributed by atoms with Crippen molar-refractivity contribution in [2.75, 3.05) is 6.54 Å². The van der Waals surface area contributed by atoms with E-state index >= 15 is 0 Å². The van der Waals surface area contributed by atoms with Gasteiger partial charge in [-0.05, 0) is 6.07 Å². The van der Waals surface area contributed by atoms with Crippen molar-refractivity contribution in [2.45, 2.75) is 6.54 Å². The van der Waals surface area contributed by atoms with Crippen molar-refractivity contribution in [2.24, 2.45) is 0 Å². The fourth-order valence-electron chi connectivity index (χ4n) is 2.03. The van der Waals surface area contributed by atoms with Gasteiger partial charge in [-0.1, -0.05) is 6.08 Å². The quantitative estimate of drug-likeness (QED) is 0.462. The maximum atomic E-state index is 12.1. The molecule has 0 radical (unpaired) electrons. The molecule has 1 saturated heterocycles. The number of carbonyl (C=O) groups is 3. The van der Waals surface area contributed by atoms with Crippen molar-refractivity contribution in [3.05, 3.63) is 42.2 Å². The summed E-state index contributed by atoms with van der Waals surface area (Å²) in [5.41, 5.74) is 0.493. The highest BCUT2D eigenvalue weighted by molar-refractivity contribution is 7.13. The Morgan fingerprint density at radius 3 is 2.52 bits per heavy atom. The van der Waals surface area contributed by atoms with Gasteiger partial charge in [0.2, 0.25) is 0 Å². The van der Waals surface area contributed by atoms with Crippen molar-refractivity contribution in [3.8, 4) is 10.8 Å². The lowest BCUT2D eigenvalue weighted by Crippen LogP contribution is -2.33. The van der Waals surface area contributed by atoms with Gasteiger partial charge in [0.05, 0.1) is 12.2 Å². The maximum absolute atomic E-state index is 12.1. The largest absolute Gasteiger partial charge is 0.334 e. The Balaban J connectivity index is 1.79. The number of hydrogen-bond acceptors (Lipinski definition) is 7. The second-order valence-electron chi connectivity index (χ2n) is 4.59. The SMILES string of the molecule is C=CCN1C(=O)C(=O)N(Cc2csc(-c3ncccn3)n2)C1=O. The summed E-state index contributed by atoms with van der Waals surface area (Å²) in [6.07, 6.45) is 4.59. The van der Waals surface area contributed by atoms with Crippen molar-refractivity contribution in [1.82, 2.24) is 24.8 Å². The lowest BCUT2D eigenvalue weighted by atomic mass is 10.4. The van der Waals surface area contributed by atoms with Gasteiger partial charge in [-0.15, -0.1) is 17.9 Å². The zero-order valence-corrected chi connectivity index (χ0v) is 12.7. The van der Waals surface area contributed by atoms with Crippen LogP contribution in [0.15, 0.2) is 36.5 Å². The summed E-state index contributed by atoms with van der Waals surface area (Å²) in [6, 6.07) is 1.03. The van der Waals surface area contributed by atoms with Crippen LogP contribution in [0.3, 0.4) is 0 Å². The molecule has 2 aromatic heterocycles. The molecule has 9 heteroatoms. The van der Waals surface area contributed by atoms with Crippen molar-refractivity contribution < 1.29 is 14.4 Å². The molecule has 2 aromatic rings. The van der Waals surface area contributed by atoms with Gasteiger partial charge in [0.1, 0.15) is 0 Å². The number of rotatable bonds is 5. The Morgan fingerprint density at radius 2 is 1.83 bits per heavy atom. The summed E-state index contributed by atoms with van der Waals surface area (Å²) >= 11 is 1.30. The Bertz CT molecular complexity index is 789. The van der Waals surface area contributed by atoms with Crippen LogP contribution in [0.4, 0.5) is 4.79 Å². The predicted octanol–water partition coefficient (Wildman–Crippen LogP) is 1.08. The molecule has 3 heterocycles. The number of amides is 4. The number of carbonyl (C=O) groups excluding carboxylic acids is 3. The predicted molar refractivity (Wildman–Crippen MR) is 81.0 cm³/mol. The Morgan fingerprint density at radius 1 is 1.13 bits per heavy atom. The third-order valence-electron chi connectivity index (χ3n) is 3.08. The van der Waals surface area contributed by atoms with Crippen LogP contribution >= 0.6 is 11.3 Å². The van der Waals surface area contributed by atoms with Gasteiger partial charge in [-0.2, -0.15) is 0 Å². The second kappa shape index (κ2) is 6.05. The highest BCUT2D eigenvalue weighted by atomic mass is 32.1. The van der Waals surface area contributed by atoms with Crippen LogP contribution in [0.1, 0.15) is 5.69 Å². The maximum Gasteiger partial charge on any atom is 0.334 e. The molecule has 0 unspecified atom stereocenters. The summed E-state index contributed by atoms with van der Waals surface area (Å²) < 4.78 is 0. The minimum atomic E-state index is -0.859. The summed E-state index contributed by atoms with van der Waals surface area (Å²) in [5.74, 6) is -1.24. The van der Waals surface area contributed by atoms with Gasteiger partial charge in [0.15, 0.2) is 10.8 Å². The van der Waals surface area contributed by atoms with Gasteiger partial charge in [0, 0.05) is 24.3 Å². The second-order valence-corrected chi connectivity index (χ2v) is 5.45. The summed E-state index contributed by atoms with van der Waals surface area (Å²) in [5, 5.41) is 2.28. The minimum absolute atomic E-state index is 0.0000769. The number of thiazole rings is 1. The molecule has 0 atom stereocenters. The number of nitrogens with zero attached hydrogens (tertiary/aromatic N) is 5. The van der Waals surface area contributed by atoms with E-state index in [4.69, 9.17) is 0 Å². The number of hydrogen-bond donors (Lipinski definition) is 0. The number of imide groups is 2. The average molecular weight is 329 g/mol. The molecular weight excluding hydrogens is 318 g/mol. The standard InChI is InChI=1S/C14H11N5O3S/c1-2-6-18-12(20)13(21)19(14(18)22)7-9-8-23-11(17-9)10-15-4-3-5-16-10/h2-5,8H,1,6-7H2. The lowest BCUT2D eigenvalue weighted by Gasteiger charge is -2.12. The van der Waals surface area contributed by atoms with Crippen LogP contribution in [-0.4, -0.2) is 49.1 Å². The molecule has 0 aromatic carbocycles. The van der Waals surface area contributed by atoms with E-state index in [0.29, 0.717) is 16.5 Å². The van der Waals surface area contributed by atoms with E-state index in [1.165, 1.54) is 17.4 Å². The van der Waals surface area contributed by atoms with Crippen molar-refractivity contribution >= 4 is 29.2 Å². The third kappa shape index (κ3) is 2.73. The monoisotopic (exact) mass is 329 g/mol. The molecule has 1 aliphatic rings. The molecule has 0 N–H and O–H groups in total. The normalized spacial score (nSPS) is 14.7. The van der Waals surface area contributed by atoms with Gasteiger partial charge >= 0.3 is 17.8 Å². The average Bonchev–Trinajstić information content (AvgIpc) is 3.11. The molecule has 3 rings (SSSR count). The van der Waals surface area contributed by atoms with Crippen LogP contribution in [-0.2, 0) is 16.1 Å². The van der Waals surface area contributed by atoms with Crippen molar-refractivity contribution in [1.29, 1.82) is 0 Å². The Labute approximate surface area is 135 Å². The molecule has 0 bridgehead atoms. The number of urea groups is 1. The first kappa shape index (κ1) is 15.0. The van der Waals surface area contributed by atoms with Crippen LogP contribution in [0.25, 0.3) is 10.8 Å². The van der Waals surface area contributed by atoms with Crippen LogP contribution in [0.5, 0.6) is 0 Å². The van der Waals surface area contributed by atoms with Gasteiger partial charge in [0.25, 0.3) is 0 Å². The summed E-state index contributed by atoms with van der Waals surface area (Å²) in [4.78, 5) is 50.0. The molecule has 4 amide bonds. The summed E-state index contributed by atoms with van der Waals surface area (Å²) in [6.45, 7) is 3.39. The molecule has 116 valence electrons. The zero-order valence-electron chi connectivity index (χ0n) is 11.9. The minimum Gasteiger partial charge on any atom is -0.263 e. The van der Waals surface area contributed by atoms with E-state index in [-0.39, 0.29) is 13.1 Å². The first-order valence-corrected chi connectivity index (χ1v) is 7.49. The topological polar surface area (TPSA) is 96.4 Å². The molecule has 0 aliphatic carbocycles. The molecule has 0 saturated carbocycles. The van der Waals surface area contributed by atoms with E-state index in [1.54, 1.807) is 23.8 Å². The first-order chi connectivity index (χ1) is 11.1. The van der Waals surface area contributed by atoms with E-state index < -0.39 is 17.8 Å². The smallest absolute Gasteiger partial charge is 0.263 e. The fraction of sp³-hybridized carbons (Fsp3) is 0.143. The van der Waals surface area contributed by atoms with Gasteiger partial charge < -0.3 is 0 Å². The van der Waals surface area contributed by atoms with Crippen molar-refractivity contribution in [3.63, 3.8) is 0 Å². The van der Waals surface area contributed by atoms with Crippen LogP contribution < -0.4 is 0 Å². The molecule has 8 nitrogen and oxygen atoms in total. The third-order valence-corrected chi connectivity index (χ3v) is 3.96. The Kier molecular flexibility index (Phi) is 3.94. The highest BCUT2D eigenvalue weighted by Gasteiger charge is 2.43. The molecule has 0 spiro atoms. The zero-order chi connectivity index (χ0) is 16.4. The number of aromatic nitrogens is 3. The molecular formula is C14H11N5O3S. The van der Waals surface area contributed by atoms with Crippen LogP contribution in [0, 0.1) is 0 Å². The van der Waals surface area contributed by atoms with E-state index in [1.807, 2.05) is 0 Å². The van der Waals surface area contributed by atoms with E-state index in [0.717, 1.165) is 9.80 Å².